The van der Waals surface area contributed by atoms with Gasteiger partial charge >= 0.3 is 0 Å². The highest BCUT2D eigenvalue weighted by Crippen LogP contribution is 2.48. The third kappa shape index (κ3) is 5.43. The highest BCUT2D eigenvalue weighted by Gasteiger charge is 2.28. The average Bonchev–Trinajstić information content (AvgIpc) is 3.22. The van der Waals surface area contributed by atoms with Gasteiger partial charge in [0.25, 0.3) is 0 Å². The van der Waals surface area contributed by atoms with E-state index in [9.17, 15) is 0 Å². The standard InChI is InChI=1S/C50H38N2/c1-3-10-39-30-41(24-18-33(39)8-1)35-14-20-37(21-15-35)48-44-12-5-6-13-45(44)49(47-32-43(26-27-46(47)48)50-51-28-7-29-52-50)38-22-16-36(17-23-38)42-25-19-34-9-2-4-11-40(34)31-42/h1-13,16-19,22-32,35,37H,14-15,20-21H2. The van der Waals surface area contributed by atoms with Gasteiger partial charge in [-0.2, -0.15) is 0 Å². The van der Waals surface area contributed by atoms with Gasteiger partial charge in [-0.05, 0) is 132 Å². The molecule has 0 radical (unpaired) electrons. The Labute approximate surface area is 304 Å². The molecule has 1 heterocycles. The molecule has 1 aromatic heterocycles. The second kappa shape index (κ2) is 12.9. The molecule has 1 aliphatic rings. The number of fused-ring (bicyclic) bond motifs is 4. The fraction of sp³-hybridized carbons (Fsp3) is 0.120. The lowest BCUT2D eigenvalue weighted by atomic mass is 9.73. The Morgan fingerprint density at radius 3 is 1.67 bits per heavy atom. The lowest BCUT2D eigenvalue weighted by Crippen LogP contribution is -2.13. The van der Waals surface area contributed by atoms with Crippen LogP contribution in [0, 0.1) is 0 Å². The van der Waals surface area contributed by atoms with Crippen molar-refractivity contribution in [3.63, 3.8) is 0 Å². The maximum absolute atomic E-state index is 4.64. The van der Waals surface area contributed by atoms with Crippen molar-refractivity contribution >= 4 is 43.1 Å². The van der Waals surface area contributed by atoms with Crippen molar-refractivity contribution in [1.29, 1.82) is 0 Å². The summed E-state index contributed by atoms with van der Waals surface area (Å²) >= 11 is 0. The zero-order chi connectivity index (χ0) is 34.4. The van der Waals surface area contributed by atoms with E-state index < -0.39 is 0 Å². The number of rotatable bonds is 5. The van der Waals surface area contributed by atoms with E-state index in [0.717, 1.165) is 11.4 Å². The van der Waals surface area contributed by atoms with Gasteiger partial charge in [0.1, 0.15) is 0 Å². The van der Waals surface area contributed by atoms with E-state index in [0.29, 0.717) is 11.8 Å². The summed E-state index contributed by atoms with van der Waals surface area (Å²) < 4.78 is 0. The molecular formula is C50H38N2. The summed E-state index contributed by atoms with van der Waals surface area (Å²) in [7, 11) is 0. The minimum atomic E-state index is 0.493. The maximum atomic E-state index is 4.64. The topological polar surface area (TPSA) is 25.8 Å². The van der Waals surface area contributed by atoms with Gasteiger partial charge in [0.15, 0.2) is 5.82 Å². The number of aromatic nitrogens is 2. The number of hydrogen-bond acceptors (Lipinski definition) is 2. The van der Waals surface area contributed by atoms with Gasteiger partial charge in [0.2, 0.25) is 0 Å². The molecule has 1 fully saturated rings. The second-order valence-electron chi connectivity index (χ2n) is 14.5. The van der Waals surface area contributed by atoms with Gasteiger partial charge in [0, 0.05) is 18.0 Å². The SMILES string of the molecule is c1cnc(-c2ccc3c(C4CCC(c5ccc6ccccc6c5)CC4)c4ccccc4c(-c4ccc(-c5ccc6ccccc6c5)cc4)c3c2)nc1. The Morgan fingerprint density at radius 2 is 0.923 bits per heavy atom. The van der Waals surface area contributed by atoms with E-state index in [1.165, 1.54) is 102 Å². The molecule has 2 heteroatoms. The predicted octanol–water partition coefficient (Wildman–Crippen LogP) is 13.5. The van der Waals surface area contributed by atoms with Crippen LogP contribution in [-0.2, 0) is 0 Å². The van der Waals surface area contributed by atoms with E-state index in [-0.39, 0.29) is 0 Å². The fourth-order valence-corrected chi connectivity index (χ4v) is 8.93. The summed E-state index contributed by atoms with van der Waals surface area (Å²) in [5.74, 6) is 1.85. The minimum Gasteiger partial charge on any atom is -0.237 e. The Bertz CT molecular complexity index is 2740. The third-order valence-electron chi connectivity index (χ3n) is 11.5. The first-order valence-electron chi connectivity index (χ1n) is 18.6. The van der Waals surface area contributed by atoms with Crippen LogP contribution in [0.5, 0.6) is 0 Å². The zero-order valence-corrected chi connectivity index (χ0v) is 29.0. The smallest absolute Gasteiger partial charge is 0.159 e. The number of benzene rings is 8. The maximum Gasteiger partial charge on any atom is 0.159 e. The molecule has 0 unspecified atom stereocenters. The average molecular weight is 667 g/mol. The first kappa shape index (κ1) is 30.7. The molecule has 0 N–H and O–H groups in total. The third-order valence-corrected chi connectivity index (χ3v) is 11.5. The van der Waals surface area contributed by atoms with Crippen LogP contribution in [0.15, 0.2) is 170 Å². The van der Waals surface area contributed by atoms with Crippen LogP contribution in [0.4, 0.5) is 0 Å². The molecule has 9 aromatic rings. The van der Waals surface area contributed by atoms with Crippen molar-refractivity contribution < 1.29 is 0 Å². The van der Waals surface area contributed by atoms with Gasteiger partial charge < -0.3 is 0 Å². The molecule has 0 bridgehead atoms. The highest BCUT2D eigenvalue weighted by molar-refractivity contribution is 6.16. The van der Waals surface area contributed by atoms with Gasteiger partial charge in [-0.3, -0.25) is 0 Å². The van der Waals surface area contributed by atoms with Crippen LogP contribution in [0.2, 0.25) is 0 Å². The largest absolute Gasteiger partial charge is 0.237 e. The molecule has 0 atom stereocenters. The van der Waals surface area contributed by atoms with E-state index in [1.54, 1.807) is 0 Å². The van der Waals surface area contributed by atoms with Gasteiger partial charge in [-0.15, -0.1) is 0 Å². The van der Waals surface area contributed by atoms with Crippen LogP contribution in [0.3, 0.4) is 0 Å². The van der Waals surface area contributed by atoms with E-state index in [1.807, 2.05) is 18.5 Å². The quantitative estimate of drug-likeness (QED) is 0.171. The van der Waals surface area contributed by atoms with Crippen LogP contribution in [0.1, 0.15) is 48.6 Å². The first-order valence-corrected chi connectivity index (χ1v) is 18.6. The molecule has 0 aliphatic heterocycles. The Hall–Kier alpha value is -6.12. The first-order chi connectivity index (χ1) is 25.8. The van der Waals surface area contributed by atoms with Crippen molar-refractivity contribution in [2.45, 2.75) is 37.5 Å². The second-order valence-corrected chi connectivity index (χ2v) is 14.5. The van der Waals surface area contributed by atoms with Gasteiger partial charge in [-0.1, -0.05) is 140 Å². The normalized spacial score (nSPS) is 16.2. The van der Waals surface area contributed by atoms with E-state index in [2.05, 4.69) is 162 Å². The van der Waals surface area contributed by atoms with Gasteiger partial charge in [0.05, 0.1) is 0 Å². The zero-order valence-electron chi connectivity index (χ0n) is 29.0. The molecule has 248 valence electrons. The van der Waals surface area contributed by atoms with Crippen molar-refractivity contribution in [3.8, 4) is 33.6 Å². The van der Waals surface area contributed by atoms with Crippen LogP contribution in [-0.4, -0.2) is 9.97 Å². The number of hydrogen-bond donors (Lipinski definition) is 0. The molecule has 0 saturated heterocycles. The molecule has 52 heavy (non-hydrogen) atoms. The molecule has 8 aromatic carbocycles. The molecule has 0 spiro atoms. The summed E-state index contributed by atoms with van der Waals surface area (Å²) in [5.41, 5.74) is 9.00. The molecule has 10 rings (SSSR count). The number of nitrogens with zero attached hydrogens (tertiary/aromatic N) is 2. The van der Waals surface area contributed by atoms with Gasteiger partial charge in [-0.25, -0.2) is 9.97 Å². The van der Waals surface area contributed by atoms with E-state index >= 15 is 0 Å². The Kier molecular flexibility index (Phi) is 7.61. The summed E-state index contributed by atoms with van der Waals surface area (Å²) in [4.78, 5) is 9.29. The fourth-order valence-electron chi connectivity index (χ4n) is 8.93. The molecule has 1 aliphatic carbocycles. The van der Waals surface area contributed by atoms with Crippen molar-refractivity contribution in [2.24, 2.45) is 0 Å². The molecular weight excluding hydrogens is 629 g/mol. The van der Waals surface area contributed by atoms with Crippen molar-refractivity contribution in [2.75, 3.05) is 0 Å². The minimum absolute atomic E-state index is 0.493. The van der Waals surface area contributed by atoms with Crippen LogP contribution < -0.4 is 0 Å². The highest BCUT2D eigenvalue weighted by atomic mass is 14.8. The Balaban J connectivity index is 1.08. The summed E-state index contributed by atoms with van der Waals surface area (Å²) in [6.45, 7) is 0. The molecule has 2 nitrogen and oxygen atoms in total. The monoisotopic (exact) mass is 666 g/mol. The molecule has 0 amide bonds. The van der Waals surface area contributed by atoms with Crippen LogP contribution in [0.25, 0.3) is 76.7 Å². The lowest BCUT2D eigenvalue weighted by Gasteiger charge is -2.31. The summed E-state index contributed by atoms with van der Waals surface area (Å²) in [6.07, 6.45) is 8.43. The van der Waals surface area contributed by atoms with Crippen LogP contribution >= 0.6 is 0 Å². The van der Waals surface area contributed by atoms with Crippen molar-refractivity contribution in [1.82, 2.24) is 9.97 Å². The summed E-state index contributed by atoms with van der Waals surface area (Å²) in [6, 6.07) is 58.3. The van der Waals surface area contributed by atoms with E-state index in [4.69, 9.17) is 0 Å². The summed E-state index contributed by atoms with van der Waals surface area (Å²) in [5, 5.41) is 10.5. The van der Waals surface area contributed by atoms with Crippen molar-refractivity contribution in [3.05, 3.63) is 181 Å². The molecule has 1 saturated carbocycles. The predicted molar refractivity (Wildman–Crippen MR) is 219 cm³/mol. The Morgan fingerprint density at radius 1 is 0.365 bits per heavy atom. The lowest BCUT2D eigenvalue weighted by molar-refractivity contribution is 0.399.